The van der Waals surface area contributed by atoms with Crippen LogP contribution in [0.4, 0.5) is 5.69 Å². The van der Waals surface area contributed by atoms with Gasteiger partial charge in [0.1, 0.15) is 5.75 Å². The van der Waals surface area contributed by atoms with Crippen LogP contribution in [0.2, 0.25) is 0 Å². The number of rotatable bonds is 6. The van der Waals surface area contributed by atoms with Crippen LogP contribution in [0.5, 0.6) is 5.75 Å². The van der Waals surface area contributed by atoms with Crippen LogP contribution in [0, 0.1) is 0 Å². The van der Waals surface area contributed by atoms with E-state index in [-0.39, 0.29) is 17.5 Å². The number of ether oxygens (including phenoxy) is 1. The Morgan fingerprint density at radius 2 is 2.09 bits per heavy atom. The second-order valence-corrected chi connectivity index (χ2v) is 8.06. The standard InChI is InChI=1S/C15H22N2O3S2/c1-2-3-9-20-14-6-4-12(5-7-14)16-15(21)17-13-8-10-22(18,19)11-13/h4-7,13H,2-3,8-11H2,1H3,(H2,16,17,21). The van der Waals surface area contributed by atoms with Gasteiger partial charge in [0, 0.05) is 11.7 Å². The summed E-state index contributed by atoms with van der Waals surface area (Å²) < 4.78 is 28.4. The molecule has 0 bridgehead atoms. The lowest BCUT2D eigenvalue weighted by atomic mass is 10.3. The van der Waals surface area contributed by atoms with E-state index in [1.165, 1.54) is 0 Å². The Bertz CT molecular complexity index is 600. The van der Waals surface area contributed by atoms with E-state index in [0.717, 1.165) is 30.9 Å². The van der Waals surface area contributed by atoms with Gasteiger partial charge in [-0.05, 0) is 49.3 Å². The molecule has 2 N–H and O–H groups in total. The van der Waals surface area contributed by atoms with Gasteiger partial charge in [-0.1, -0.05) is 13.3 Å². The van der Waals surface area contributed by atoms with Crippen molar-refractivity contribution >= 4 is 32.9 Å². The number of anilines is 1. The van der Waals surface area contributed by atoms with Gasteiger partial charge in [-0.3, -0.25) is 0 Å². The van der Waals surface area contributed by atoms with Crippen molar-refractivity contribution in [1.29, 1.82) is 0 Å². The fourth-order valence-electron chi connectivity index (χ4n) is 2.23. The van der Waals surface area contributed by atoms with Crippen molar-refractivity contribution in [2.75, 3.05) is 23.4 Å². The van der Waals surface area contributed by atoms with Gasteiger partial charge in [0.05, 0.1) is 18.1 Å². The molecule has 1 aliphatic rings. The topological polar surface area (TPSA) is 67.4 Å². The van der Waals surface area contributed by atoms with Crippen molar-refractivity contribution in [3.63, 3.8) is 0 Å². The zero-order chi connectivity index (χ0) is 16.0. The summed E-state index contributed by atoms with van der Waals surface area (Å²) in [4.78, 5) is 0. The Labute approximate surface area is 137 Å². The highest BCUT2D eigenvalue weighted by Crippen LogP contribution is 2.16. The average Bonchev–Trinajstić information content (AvgIpc) is 2.80. The minimum absolute atomic E-state index is 0.0957. The summed E-state index contributed by atoms with van der Waals surface area (Å²) in [5.41, 5.74) is 0.848. The van der Waals surface area contributed by atoms with Crippen molar-refractivity contribution in [3.8, 4) is 5.75 Å². The third-order valence-corrected chi connectivity index (χ3v) is 5.43. The first kappa shape index (κ1) is 17.0. The molecule has 1 saturated heterocycles. The molecule has 1 aromatic rings. The van der Waals surface area contributed by atoms with Gasteiger partial charge in [0.25, 0.3) is 0 Å². The minimum atomic E-state index is -2.90. The van der Waals surface area contributed by atoms with Crippen LogP contribution in [0.15, 0.2) is 24.3 Å². The summed E-state index contributed by atoms with van der Waals surface area (Å²) in [6.07, 6.45) is 2.75. The summed E-state index contributed by atoms with van der Waals surface area (Å²) >= 11 is 5.22. The van der Waals surface area contributed by atoms with Crippen LogP contribution < -0.4 is 15.4 Å². The van der Waals surface area contributed by atoms with Crippen LogP contribution in [0.3, 0.4) is 0 Å². The van der Waals surface area contributed by atoms with Crippen LogP contribution in [-0.4, -0.2) is 37.7 Å². The highest BCUT2D eigenvalue weighted by Gasteiger charge is 2.28. The summed E-state index contributed by atoms with van der Waals surface area (Å²) in [6, 6.07) is 7.46. The van der Waals surface area contributed by atoms with Gasteiger partial charge in [-0.15, -0.1) is 0 Å². The Balaban J connectivity index is 1.79. The Morgan fingerprint density at radius 1 is 1.36 bits per heavy atom. The molecule has 1 atom stereocenters. The first-order valence-corrected chi connectivity index (χ1v) is 9.72. The number of unbranched alkanes of at least 4 members (excludes halogenated alkanes) is 1. The molecule has 1 fully saturated rings. The molecule has 0 spiro atoms. The maximum atomic E-state index is 11.4. The van der Waals surface area contributed by atoms with Crippen LogP contribution in [-0.2, 0) is 9.84 Å². The van der Waals surface area contributed by atoms with Gasteiger partial charge in [0.15, 0.2) is 14.9 Å². The predicted molar refractivity (Wildman–Crippen MR) is 93.3 cm³/mol. The maximum absolute atomic E-state index is 11.4. The lowest BCUT2D eigenvalue weighted by Crippen LogP contribution is -2.38. The second kappa shape index (κ2) is 7.78. The predicted octanol–water partition coefficient (Wildman–Crippen LogP) is 2.34. The fourth-order valence-corrected chi connectivity index (χ4v) is 4.19. The SMILES string of the molecule is CCCCOc1ccc(NC(=S)NC2CCS(=O)(=O)C2)cc1. The molecule has 0 radical (unpaired) electrons. The first-order chi connectivity index (χ1) is 10.5. The third-order valence-electron chi connectivity index (χ3n) is 3.45. The van der Waals surface area contributed by atoms with Crippen molar-refractivity contribution in [2.45, 2.75) is 32.2 Å². The maximum Gasteiger partial charge on any atom is 0.171 e. The zero-order valence-corrected chi connectivity index (χ0v) is 14.3. The Kier molecular flexibility index (Phi) is 6.02. The van der Waals surface area contributed by atoms with Crippen LogP contribution >= 0.6 is 12.2 Å². The monoisotopic (exact) mass is 342 g/mol. The molecule has 1 aromatic carbocycles. The molecule has 1 heterocycles. The first-order valence-electron chi connectivity index (χ1n) is 7.49. The van der Waals surface area contributed by atoms with E-state index < -0.39 is 9.84 Å². The van der Waals surface area contributed by atoms with E-state index >= 15 is 0 Å². The third kappa shape index (κ3) is 5.46. The zero-order valence-electron chi connectivity index (χ0n) is 12.7. The van der Waals surface area contributed by atoms with Gasteiger partial charge in [-0.2, -0.15) is 0 Å². The average molecular weight is 342 g/mol. The molecule has 0 amide bonds. The molecule has 0 aliphatic carbocycles. The van der Waals surface area contributed by atoms with Crippen LogP contribution in [0.25, 0.3) is 0 Å². The highest BCUT2D eigenvalue weighted by molar-refractivity contribution is 7.91. The van der Waals surface area contributed by atoms with Gasteiger partial charge >= 0.3 is 0 Å². The second-order valence-electron chi connectivity index (χ2n) is 5.42. The summed E-state index contributed by atoms with van der Waals surface area (Å²) in [7, 11) is -2.90. The number of hydrogen-bond donors (Lipinski definition) is 2. The molecule has 0 aromatic heterocycles. The van der Waals surface area contributed by atoms with Crippen LogP contribution in [0.1, 0.15) is 26.2 Å². The number of sulfone groups is 1. The minimum Gasteiger partial charge on any atom is -0.494 e. The van der Waals surface area contributed by atoms with E-state index in [2.05, 4.69) is 17.6 Å². The van der Waals surface area contributed by atoms with E-state index in [0.29, 0.717) is 11.5 Å². The normalized spacial score (nSPS) is 19.6. The molecular weight excluding hydrogens is 320 g/mol. The number of nitrogens with one attached hydrogen (secondary N) is 2. The lowest BCUT2D eigenvalue weighted by molar-refractivity contribution is 0.309. The summed E-state index contributed by atoms with van der Waals surface area (Å²) in [5, 5.41) is 6.56. The Morgan fingerprint density at radius 3 is 2.68 bits per heavy atom. The molecule has 122 valence electrons. The molecule has 2 rings (SSSR count). The van der Waals surface area contributed by atoms with Gasteiger partial charge in [0.2, 0.25) is 0 Å². The van der Waals surface area contributed by atoms with E-state index in [1.807, 2.05) is 24.3 Å². The van der Waals surface area contributed by atoms with Crippen molar-refractivity contribution < 1.29 is 13.2 Å². The Hall–Kier alpha value is -1.34. The molecule has 22 heavy (non-hydrogen) atoms. The molecule has 5 nitrogen and oxygen atoms in total. The van der Waals surface area contributed by atoms with Gasteiger partial charge in [-0.25, -0.2) is 8.42 Å². The summed E-state index contributed by atoms with van der Waals surface area (Å²) in [5.74, 6) is 1.22. The van der Waals surface area contributed by atoms with Crippen molar-refractivity contribution in [2.24, 2.45) is 0 Å². The largest absolute Gasteiger partial charge is 0.494 e. The molecule has 7 heteroatoms. The highest BCUT2D eigenvalue weighted by atomic mass is 32.2. The number of hydrogen-bond acceptors (Lipinski definition) is 4. The number of thiocarbonyl (C=S) groups is 1. The van der Waals surface area contributed by atoms with Crippen molar-refractivity contribution in [1.82, 2.24) is 5.32 Å². The quantitative estimate of drug-likeness (QED) is 0.611. The molecule has 1 unspecified atom stereocenters. The molecular formula is C15H22N2O3S2. The van der Waals surface area contributed by atoms with E-state index in [1.54, 1.807) is 0 Å². The van der Waals surface area contributed by atoms with E-state index in [4.69, 9.17) is 17.0 Å². The summed E-state index contributed by atoms with van der Waals surface area (Å²) in [6.45, 7) is 2.85. The van der Waals surface area contributed by atoms with E-state index in [9.17, 15) is 8.42 Å². The fraction of sp³-hybridized carbons (Fsp3) is 0.533. The van der Waals surface area contributed by atoms with Gasteiger partial charge < -0.3 is 15.4 Å². The lowest BCUT2D eigenvalue weighted by Gasteiger charge is -2.15. The van der Waals surface area contributed by atoms with Crippen molar-refractivity contribution in [3.05, 3.63) is 24.3 Å². The molecule has 0 saturated carbocycles. The number of benzene rings is 1. The smallest absolute Gasteiger partial charge is 0.171 e. The molecule has 1 aliphatic heterocycles.